The molecule has 1 aliphatic heterocycles. The zero-order valence-corrected chi connectivity index (χ0v) is 27.1. The highest BCUT2D eigenvalue weighted by molar-refractivity contribution is 6.91. The molecule has 0 saturated carbocycles. The summed E-state index contributed by atoms with van der Waals surface area (Å²) >= 11 is 0. The third-order valence-electron chi connectivity index (χ3n) is 8.90. The fraction of sp³-hybridized carbons (Fsp3) is 0.382. The first-order valence-electron chi connectivity index (χ1n) is 15.1. The molecular weight excluding hydrogens is 572 g/mol. The highest BCUT2D eigenvalue weighted by Crippen LogP contribution is 2.47. The predicted octanol–water partition coefficient (Wildman–Crippen LogP) is 5.23. The monoisotopic (exact) mass is 614 g/mol. The second kappa shape index (κ2) is 13.8. The van der Waals surface area contributed by atoms with Gasteiger partial charge in [-0.15, -0.1) is 5.10 Å². The van der Waals surface area contributed by atoms with E-state index < -0.39 is 8.07 Å². The topological polar surface area (TPSA) is 108 Å². The highest BCUT2D eigenvalue weighted by Gasteiger charge is 2.47. The summed E-state index contributed by atoms with van der Waals surface area (Å²) in [5.41, 5.74) is 3.20. The number of aliphatic hydroxyl groups excluding tert-OH is 1. The number of nitrogens with zero attached hydrogens (tertiary/aromatic N) is 3. The van der Waals surface area contributed by atoms with E-state index in [1.807, 2.05) is 59.4 Å². The van der Waals surface area contributed by atoms with Gasteiger partial charge in [0.2, 0.25) is 0 Å². The molecular formula is C34H42N4O5Si. The fourth-order valence-electron chi connectivity index (χ4n) is 6.37. The molecule has 1 amide bonds. The minimum atomic E-state index is -2.16. The van der Waals surface area contributed by atoms with Crippen molar-refractivity contribution < 1.29 is 24.1 Å². The standard InChI is InChI=1S/C34H42N4O5Si/c1-23-32(42-3)29-21-25(35-34(40)24-9-7-6-8-10-24)11-16-30(29)43-33(23)31(17-19-38-22-26(18-20-39)36-37-38)44(4,5)28-14-12-27(41-2)13-15-28/h6-16,21-23,31-33,39H,17-20H2,1-5H3,(H,35,40)/t23-,31?,32-,33-/m1/s1. The minimum absolute atomic E-state index is 0.0308. The second-order valence-electron chi connectivity index (χ2n) is 12.0. The predicted molar refractivity (Wildman–Crippen MR) is 173 cm³/mol. The molecule has 1 aromatic heterocycles. The fourth-order valence-corrected chi connectivity index (χ4v) is 9.86. The molecule has 2 N–H and O–H groups in total. The molecule has 3 aromatic carbocycles. The Bertz CT molecular complexity index is 1540. The van der Waals surface area contributed by atoms with E-state index in [0.717, 1.165) is 29.2 Å². The summed E-state index contributed by atoms with van der Waals surface area (Å²) < 4.78 is 20.4. The highest BCUT2D eigenvalue weighted by atomic mass is 28.3. The molecule has 2 heterocycles. The quantitative estimate of drug-likeness (QED) is 0.210. The van der Waals surface area contributed by atoms with Crippen LogP contribution in [0, 0.1) is 5.92 Å². The number of anilines is 1. The molecule has 0 aliphatic carbocycles. The van der Waals surface area contributed by atoms with Gasteiger partial charge in [0.1, 0.15) is 17.6 Å². The van der Waals surface area contributed by atoms with Crippen molar-refractivity contribution in [1.82, 2.24) is 15.0 Å². The number of aliphatic hydroxyl groups is 1. The van der Waals surface area contributed by atoms with Gasteiger partial charge < -0.3 is 24.6 Å². The number of aromatic nitrogens is 3. The van der Waals surface area contributed by atoms with E-state index in [9.17, 15) is 9.90 Å². The second-order valence-corrected chi connectivity index (χ2v) is 16.7. The van der Waals surface area contributed by atoms with Gasteiger partial charge in [-0.05, 0) is 54.4 Å². The smallest absolute Gasteiger partial charge is 0.255 e. The lowest BCUT2D eigenvalue weighted by atomic mass is 9.86. The number of fused-ring (bicyclic) bond motifs is 1. The van der Waals surface area contributed by atoms with Crippen LogP contribution < -0.4 is 20.0 Å². The maximum Gasteiger partial charge on any atom is 0.255 e. The molecule has 0 spiro atoms. The Morgan fingerprint density at radius 2 is 1.84 bits per heavy atom. The van der Waals surface area contributed by atoms with Gasteiger partial charge in [-0.2, -0.15) is 0 Å². The molecule has 1 unspecified atom stereocenters. The minimum Gasteiger partial charge on any atom is -0.497 e. The van der Waals surface area contributed by atoms with Crippen LogP contribution in [0.2, 0.25) is 18.6 Å². The van der Waals surface area contributed by atoms with Crippen molar-refractivity contribution in [3.05, 3.63) is 95.8 Å². The van der Waals surface area contributed by atoms with Gasteiger partial charge in [0.05, 0.1) is 27.0 Å². The first kappa shape index (κ1) is 31.4. The van der Waals surface area contributed by atoms with E-state index in [2.05, 4.69) is 47.8 Å². The van der Waals surface area contributed by atoms with Crippen LogP contribution in [0.15, 0.2) is 79.0 Å². The molecule has 0 bridgehead atoms. The van der Waals surface area contributed by atoms with E-state index in [1.165, 1.54) is 5.19 Å². The number of hydrogen-bond donors (Lipinski definition) is 2. The number of hydrogen-bond acceptors (Lipinski definition) is 7. The Kier molecular flexibility index (Phi) is 9.83. The van der Waals surface area contributed by atoms with Gasteiger partial charge in [0.15, 0.2) is 0 Å². The number of carbonyl (C=O) groups is 1. The zero-order chi connectivity index (χ0) is 31.3. The number of rotatable bonds is 12. The van der Waals surface area contributed by atoms with Gasteiger partial charge in [-0.1, -0.05) is 60.7 Å². The van der Waals surface area contributed by atoms with Crippen molar-refractivity contribution >= 4 is 24.9 Å². The van der Waals surface area contributed by atoms with Gasteiger partial charge >= 0.3 is 0 Å². The third-order valence-corrected chi connectivity index (χ3v) is 13.2. The lowest BCUT2D eigenvalue weighted by molar-refractivity contribution is -0.0233. The summed E-state index contributed by atoms with van der Waals surface area (Å²) in [4.78, 5) is 12.9. The van der Waals surface area contributed by atoms with Gasteiger partial charge in [0.25, 0.3) is 5.91 Å². The molecule has 232 valence electrons. The molecule has 0 radical (unpaired) electrons. The largest absolute Gasteiger partial charge is 0.497 e. The molecule has 10 heteroatoms. The summed E-state index contributed by atoms with van der Waals surface area (Å²) in [5, 5.41) is 22.2. The number of aryl methyl sites for hydroxylation is 1. The number of benzene rings is 3. The molecule has 0 saturated heterocycles. The summed E-state index contributed by atoms with van der Waals surface area (Å²) in [5.74, 6) is 1.47. The molecule has 44 heavy (non-hydrogen) atoms. The van der Waals surface area contributed by atoms with Crippen molar-refractivity contribution in [2.45, 2.75) is 57.2 Å². The van der Waals surface area contributed by atoms with Crippen LogP contribution in [0.4, 0.5) is 5.69 Å². The lowest BCUT2D eigenvalue weighted by Gasteiger charge is -2.46. The number of nitrogens with one attached hydrogen (secondary N) is 1. The Labute approximate surface area is 260 Å². The maximum atomic E-state index is 12.9. The molecule has 0 fully saturated rings. The van der Waals surface area contributed by atoms with E-state index in [0.29, 0.717) is 24.2 Å². The Hall–Kier alpha value is -3.99. The summed E-state index contributed by atoms with van der Waals surface area (Å²) in [6.07, 6.45) is 2.89. The van der Waals surface area contributed by atoms with Gasteiger partial charge in [-0.25, -0.2) is 0 Å². The molecule has 9 nitrogen and oxygen atoms in total. The Morgan fingerprint density at radius 1 is 1.09 bits per heavy atom. The number of ether oxygens (including phenoxy) is 3. The van der Waals surface area contributed by atoms with Crippen LogP contribution in [-0.2, 0) is 17.7 Å². The first-order chi connectivity index (χ1) is 21.2. The molecule has 5 rings (SSSR count). The average Bonchev–Trinajstić information content (AvgIpc) is 3.49. The maximum absolute atomic E-state index is 12.9. The Morgan fingerprint density at radius 3 is 2.52 bits per heavy atom. The summed E-state index contributed by atoms with van der Waals surface area (Å²) in [7, 11) is 1.26. The normalized spacial score (nSPS) is 18.6. The van der Waals surface area contributed by atoms with E-state index >= 15 is 0 Å². The van der Waals surface area contributed by atoms with Crippen LogP contribution in [0.1, 0.15) is 41.1 Å². The number of methoxy groups -OCH3 is 2. The molecule has 1 aliphatic rings. The average molecular weight is 615 g/mol. The van der Waals surface area contributed by atoms with Crippen molar-refractivity contribution in [1.29, 1.82) is 0 Å². The lowest BCUT2D eigenvalue weighted by Crippen LogP contribution is -2.54. The number of amides is 1. The first-order valence-corrected chi connectivity index (χ1v) is 18.2. The van der Waals surface area contributed by atoms with Crippen LogP contribution >= 0.6 is 0 Å². The van der Waals surface area contributed by atoms with Crippen LogP contribution in [0.3, 0.4) is 0 Å². The Balaban J connectivity index is 1.45. The van der Waals surface area contributed by atoms with E-state index in [4.69, 9.17) is 14.2 Å². The van der Waals surface area contributed by atoms with E-state index in [1.54, 1.807) is 26.4 Å². The summed E-state index contributed by atoms with van der Waals surface area (Å²) in [6, 6.07) is 23.4. The third kappa shape index (κ3) is 6.72. The van der Waals surface area contributed by atoms with Gasteiger partial charge in [0, 0.05) is 55.6 Å². The van der Waals surface area contributed by atoms with Gasteiger partial charge in [-0.3, -0.25) is 9.48 Å². The number of carbonyl (C=O) groups excluding carboxylic acids is 1. The van der Waals surface area contributed by atoms with E-state index in [-0.39, 0.29) is 36.2 Å². The van der Waals surface area contributed by atoms with Crippen molar-refractivity contribution in [2.75, 3.05) is 26.1 Å². The van der Waals surface area contributed by atoms with Crippen molar-refractivity contribution in [3.63, 3.8) is 0 Å². The molecule has 4 aromatic rings. The summed E-state index contributed by atoms with van der Waals surface area (Å²) in [6.45, 7) is 7.71. The zero-order valence-electron chi connectivity index (χ0n) is 26.1. The van der Waals surface area contributed by atoms with Crippen molar-refractivity contribution in [2.24, 2.45) is 5.92 Å². The van der Waals surface area contributed by atoms with Crippen molar-refractivity contribution in [3.8, 4) is 11.5 Å². The SMILES string of the molecule is COc1ccc([Si](C)(C)C(CCn2cc(CCO)nn2)[C@@H]2Oc3ccc(NC(=O)c4ccccc4)cc3[C@H](OC)[C@H]2C)cc1. The van der Waals surface area contributed by atoms with Crippen LogP contribution in [0.5, 0.6) is 11.5 Å². The van der Waals surface area contributed by atoms with Crippen LogP contribution in [0.25, 0.3) is 0 Å². The van der Waals surface area contributed by atoms with Crippen LogP contribution in [-0.4, -0.2) is 61.0 Å². The molecule has 4 atom stereocenters.